The normalized spacial score (nSPS) is 21.5. The molecule has 3 aliphatic carbocycles. The first-order valence-electron chi connectivity index (χ1n) is 14.4. The molecule has 2 bridgehead atoms. The Morgan fingerprint density at radius 1 is 1.00 bits per heavy atom. The third kappa shape index (κ3) is 4.17. The molecule has 0 N–H and O–H groups in total. The Morgan fingerprint density at radius 2 is 1.67 bits per heavy atom. The monoisotopic (exact) mass is 480 g/mol. The summed E-state index contributed by atoms with van der Waals surface area (Å²) in [5.41, 5.74) is 12.4. The van der Waals surface area contributed by atoms with Crippen LogP contribution in [-0.2, 0) is 0 Å². The van der Waals surface area contributed by atoms with Crippen LogP contribution in [0.2, 0.25) is 0 Å². The van der Waals surface area contributed by atoms with Gasteiger partial charge in [-0.3, -0.25) is 4.57 Å². The molecule has 36 heavy (non-hydrogen) atoms. The molecule has 2 aromatic carbocycles. The van der Waals surface area contributed by atoms with E-state index in [2.05, 4.69) is 95.5 Å². The topological polar surface area (TPSA) is 17.8 Å². The van der Waals surface area contributed by atoms with Crippen molar-refractivity contribution in [2.24, 2.45) is 5.92 Å². The molecule has 1 aromatic heterocycles. The highest BCUT2D eigenvalue weighted by Crippen LogP contribution is 2.49. The van der Waals surface area contributed by atoms with E-state index in [1.807, 2.05) is 0 Å². The lowest BCUT2D eigenvalue weighted by Gasteiger charge is -2.28. The Labute approximate surface area is 218 Å². The number of imidazole rings is 1. The van der Waals surface area contributed by atoms with Crippen molar-refractivity contribution in [3.63, 3.8) is 0 Å². The number of rotatable bonds is 6. The molecule has 3 aliphatic rings. The Bertz CT molecular complexity index is 1330. The first-order chi connectivity index (χ1) is 17.3. The van der Waals surface area contributed by atoms with Gasteiger partial charge < -0.3 is 0 Å². The SMILES string of the molecule is C/C=C(C)\C(=C(\C)C(C)C)n1c(-c2ccccc2C(C)CC)nc2cc3c(cc21)C1CCCC3CC1. The highest BCUT2D eigenvalue weighted by Gasteiger charge is 2.32. The summed E-state index contributed by atoms with van der Waals surface area (Å²) in [6, 6.07) is 14.0. The minimum Gasteiger partial charge on any atom is -0.292 e. The van der Waals surface area contributed by atoms with E-state index in [0.29, 0.717) is 23.7 Å². The van der Waals surface area contributed by atoms with Crippen molar-refractivity contribution < 1.29 is 0 Å². The lowest BCUT2D eigenvalue weighted by atomic mass is 9.78. The van der Waals surface area contributed by atoms with Crippen molar-refractivity contribution in [1.82, 2.24) is 9.55 Å². The minimum absolute atomic E-state index is 0.460. The van der Waals surface area contributed by atoms with Crippen LogP contribution < -0.4 is 0 Å². The van der Waals surface area contributed by atoms with Gasteiger partial charge in [-0.2, -0.15) is 0 Å². The van der Waals surface area contributed by atoms with Crippen LogP contribution in [0.5, 0.6) is 0 Å². The van der Waals surface area contributed by atoms with Gasteiger partial charge in [0.15, 0.2) is 0 Å². The average Bonchev–Trinajstić information content (AvgIpc) is 3.02. The van der Waals surface area contributed by atoms with Crippen LogP contribution >= 0.6 is 0 Å². The van der Waals surface area contributed by atoms with Crippen molar-refractivity contribution in [3.05, 3.63) is 70.3 Å². The molecule has 0 spiro atoms. The molecular weight excluding hydrogens is 436 g/mol. The predicted molar refractivity (Wildman–Crippen MR) is 156 cm³/mol. The third-order valence-electron chi connectivity index (χ3n) is 9.32. The molecule has 3 atom stereocenters. The van der Waals surface area contributed by atoms with Crippen LogP contribution in [-0.4, -0.2) is 9.55 Å². The Balaban J connectivity index is 1.89. The molecular formula is C34H44N2. The molecule has 0 radical (unpaired) electrons. The zero-order valence-electron chi connectivity index (χ0n) is 23.5. The van der Waals surface area contributed by atoms with Gasteiger partial charge in [0.2, 0.25) is 0 Å². The number of benzene rings is 2. The molecule has 3 unspecified atom stereocenters. The second-order valence-electron chi connectivity index (χ2n) is 11.7. The van der Waals surface area contributed by atoms with E-state index in [0.717, 1.165) is 17.8 Å². The summed E-state index contributed by atoms with van der Waals surface area (Å²) in [5.74, 6) is 3.48. The van der Waals surface area contributed by atoms with Gasteiger partial charge >= 0.3 is 0 Å². The van der Waals surface area contributed by atoms with Gasteiger partial charge in [-0.15, -0.1) is 0 Å². The van der Waals surface area contributed by atoms with Crippen molar-refractivity contribution in [1.29, 1.82) is 0 Å². The smallest absolute Gasteiger partial charge is 0.146 e. The Hall–Kier alpha value is -2.61. The van der Waals surface area contributed by atoms with E-state index in [4.69, 9.17) is 4.98 Å². The zero-order chi connectivity index (χ0) is 25.6. The zero-order valence-corrected chi connectivity index (χ0v) is 23.5. The minimum atomic E-state index is 0.460. The van der Waals surface area contributed by atoms with Gasteiger partial charge in [-0.05, 0) is 117 Å². The van der Waals surface area contributed by atoms with Gasteiger partial charge in [0.1, 0.15) is 5.82 Å². The number of hydrogen-bond acceptors (Lipinski definition) is 1. The first kappa shape index (κ1) is 25.1. The predicted octanol–water partition coefficient (Wildman–Crippen LogP) is 10.2. The molecule has 3 aromatic rings. The van der Waals surface area contributed by atoms with Gasteiger partial charge in [0.05, 0.1) is 11.0 Å². The number of hydrogen-bond donors (Lipinski definition) is 0. The van der Waals surface area contributed by atoms with Crippen LogP contribution in [0, 0.1) is 5.92 Å². The highest BCUT2D eigenvalue weighted by atomic mass is 15.1. The summed E-state index contributed by atoms with van der Waals surface area (Å²) in [5, 5.41) is 0. The van der Waals surface area contributed by atoms with Crippen LogP contribution in [0.4, 0.5) is 0 Å². The Kier molecular flexibility index (Phi) is 6.99. The highest BCUT2D eigenvalue weighted by molar-refractivity contribution is 5.90. The van der Waals surface area contributed by atoms with Gasteiger partial charge in [-0.1, -0.05) is 64.5 Å². The van der Waals surface area contributed by atoms with Crippen molar-refractivity contribution in [2.45, 2.75) is 105 Å². The number of fused-ring (bicyclic) bond motifs is 4. The van der Waals surface area contributed by atoms with Gasteiger partial charge in [0.25, 0.3) is 0 Å². The standard InChI is InChI=1S/C34H44N2/c1-8-22(5)27-15-10-11-16-28(27)34-35-31-19-29-25-13-12-14-26(18-17-25)30(29)20-32(31)36(34)33(23(6)9-2)24(7)21(3)4/h9-11,15-16,19-22,25-26H,8,12-14,17-18H2,1-7H3/b23-9-,33-24+. The number of nitrogens with zero attached hydrogens (tertiary/aromatic N) is 2. The second kappa shape index (κ2) is 10.0. The van der Waals surface area contributed by atoms with E-state index in [-0.39, 0.29) is 0 Å². The summed E-state index contributed by atoms with van der Waals surface area (Å²) in [6.07, 6.45) is 10.1. The maximum absolute atomic E-state index is 5.46. The lowest BCUT2D eigenvalue weighted by molar-refractivity contribution is 0.528. The van der Waals surface area contributed by atoms with E-state index >= 15 is 0 Å². The molecule has 0 aliphatic heterocycles. The molecule has 1 heterocycles. The van der Waals surface area contributed by atoms with E-state index in [9.17, 15) is 0 Å². The summed E-state index contributed by atoms with van der Waals surface area (Å²) < 4.78 is 2.53. The lowest BCUT2D eigenvalue weighted by Crippen LogP contribution is -2.12. The van der Waals surface area contributed by atoms with E-state index in [1.54, 1.807) is 11.1 Å². The fourth-order valence-corrected chi connectivity index (χ4v) is 6.62. The summed E-state index contributed by atoms with van der Waals surface area (Å²) >= 11 is 0. The summed E-state index contributed by atoms with van der Waals surface area (Å²) in [6.45, 7) is 16.0. The molecule has 2 nitrogen and oxygen atoms in total. The van der Waals surface area contributed by atoms with Crippen molar-refractivity contribution >= 4 is 16.7 Å². The third-order valence-corrected chi connectivity index (χ3v) is 9.32. The van der Waals surface area contributed by atoms with Crippen molar-refractivity contribution in [2.75, 3.05) is 0 Å². The molecule has 1 fully saturated rings. The maximum Gasteiger partial charge on any atom is 0.146 e. The van der Waals surface area contributed by atoms with Crippen LogP contribution in [0.1, 0.15) is 121 Å². The van der Waals surface area contributed by atoms with E-state index in [1.165, 1.54) is 65.6 Å². The van der Waals surface area contributed by atoms with Crippen LogP contribution in [0.3, 0.4) is 0 Å². The van der Waals surface area contributed by atoms with E-state index < -0.39 is 0 Å². The van der Waals surface area contributed by atoms with Gasteiger partial charge in [-0.25, -0.2) is 4.98 Å². The molecule has 2 heteroatoms. The molecule has 0 saturated heterocycles. The van der Waals surface area contributed by atoms with Crippen LogP contribution in [0.25, 0.3) is 28.1 Å². The second-order valence-corrected chi connectivity index (χ2v) is 11.7. The molecule has 0 amide bonds. The average molecular weight is 481 g/mol. The quantitative estimate of drug-likeness (QED) is 0.321. The summed E-state index contributed by atoms with van der Waals surface area (Å²) in [7, 11) is 0. The van der Waals surface area contributed by atoms with Crippen LogP contribution in [0.15, 0.2) is 53.6 Å². The summed E-state index contributed by atoms with van der Waals surface area (Å²) in [4.78, 5) is 5.46. The first-order valence-corrected chi connectivity index (χ1v) is 14.4. The number of aromatic nitrogens is 2. The molecule has 6 rings (SSSR count). The fraction of sp³-hybridized carbons (Fsp3) is 0.500. The molecule has 1 saturated carbocycles. The largest absolute Gasteiger partial charge is 0.292 e. The fourth-order valence-electron chi connectivity index (χ4n) is 6.62. The van der Waals surface area contributed by atoms with Gasteiger partial charge in [0, 0.05) is 11.3 Å². The molecule has 190 valence electrons. The van der Waals surface area contributed by atoms with Crippen molar-refractivity contribution in [3.8, 4) is 11.4 Å². The Morgan fingerprint density at radius 3 is 2.31 bits per heavy atom. The maximum atomic E-state index is 5.46. The number of allylic oxidation sites excluding steroid dienone is 4.